The summed E-state index contributed by atoms with van der Waals surface area (Å²) in [7, 11) is 0. The monoisotopic (exact) mass is 436 g/mol. The molecule has 1 aliphatic carbocycles. The Morgan fingerprint density at radius 3 is 2.55 bits per heavy atom. The lowest BCUT2D eigenvalue weighted by molar-refractivity contribution is -0.142. The van der Waals surface area contributed by atoms with Crippen LogP contribution in [-0.4, -0.2) is 51.2 Å². The highest BCUT2D eigenvalue weighted by molar-refractivity contribution is 5.88. The van der Waals surface area contributed by atoms with Crippen LogP contribution < -0.4 is 10.1 Å². The Bertz CT molecular complexity index is 957. The molecule has 0 unspecified atom stereocenters. The van der Waals surface area contributed by atoms with E-state index < -0.39 is 29.9 Å². The fraction of sp³-hybridized carbons (Fsp3) is 0.476. The van der Waals surface area contributed by atoms with Crippen LogP contribution in [0.2, 0.25) is 0 Å². The molecule has 2 atom stereocenters. The molecule has 0 spiro atoms. The molecule has 1 aromatic carbocycles. The zero-order chi connectivity index (χ0) is 22.2. The molecule has 1 aliphatic heterocycles. The Morgan fingerprint density at radius 2 is 1.94 bits per heavy atom. The van der Waals surface area contributed by atoms with Crippen molar-refractivity contribution in [2.75, 3.05) is 6.54 Å². The number of halogens is 3. The maximum atomic E-state index is 13.0. The largest absolute Gasteiger partial charge is 0.488 e. The van der Waals surface area contributed by atoms with E-state index in [1.807, 2.05) is 18.2 Å². The zero-order valence-electron chi connectivity index (χ0n) is 16.9. The number of para-hydroxylation sites is 1. The van der Waals surface area contributed by atoms with E-state index in [2.05, 4.69) is 10.4 Å². The molecule has 1 aromatic heterocycles. The van der Waals surface area contributed by atoms with Crippen LogP contribution in [0, 0.1) is 6.92 Å². The summed E-state index contributed by atoms with van der Waals surface area (Å²) < 4.78 is 45.8. The van der Waals surface area contributed by atoms with Crippen molar-refractivity contribution in [3.8, 4) is 5.75 Å². The van der Waals surface area contributed by atoms with Gasteiger partial charge in [0.05, 0.1) is 6.54 Å². The van der Waals surface area contributed by atoms with Gasteiger partial charge in [0, 0.05) is 18.2 Å². The van der Waals surface area contributed by atoms with Gasteiger partial charge in [-0.25, -0.2) is 0 Å². The Labute approximate surface area is 177 Å². The second-order valence-corrected chi connectivity index (χ2v) is 7.96. The predicted molar refractivity (Wildman–Crippen MR) is 104 cm³/mol. The smallest absolute Gasteiger partial charge is 0.435 e. The quantitative estimate of drug-likeness (QED) is 0.755. The molecule has 0 bridgehead atoms. The number of carbonyl (C=O) groups is 2. The SMILES string of the molecule is Cc1cc(C(F)(F)F)nn1CC(=O)N1C[C@@H](Oc2ccccc2)C[C@H]1C(=O)NC1CC1. The van der Waals surface area contributed by atoms with Crippen LogP contribution in [0.4, 0.5) is 13.2 Å². The van der Waals surface area contributed by atoms with E-state index in [4.69, 9.17) is 4.74 Å². The third kappa shape index (κ3) is 5.00. The number of benzene rings is 1. The van der Waals surface area contributed by atoms with E-state index in [0.717, 1.165) is 23.6 Å². The molecule has 2 fully saturated rings. The van der Waals surface area contributed by atoms with Gasteiger partial charge in [0.1, 0.15) is 24.4 Å². The molecule has 2 aromatic rings. The van der Waals surface area contributed by atoms with Gasteiger partial charge in [-0.2, -0.15) is 18.3 Å². The molecule has 1 N–H and O–H groups in total. The summed E-state index contributed by atoms with van der Waals surface area (Å²) in [6, 6.07) is 9.36. The van der Waals surface area contributed by atoms with Crippen molar-refractivity contribution in [1.82, 2.24) is 20.0 Å². The number of aromatic nitrogens is 2. The van der Waals surface area contributed by atoms with Crippen LogP contribution in [0.1, 0.15) is 30.7 Å². The van der Waals surface area contributed by atoms with Gasteiger partial charge in [-0.1, -0.05) is 18.2 Å². The van der Waals surface area contributed by atoms with Crippen molar-refractivity contribution >= 4 is 11.8 Å². The number of amides is 2. The second kappa shape index (κ2) is 8.24. The molecule has 2 aliphatic rings. The van der Waals surface area contributed by atoms with Gasteiger partial charge in [0.15, 0.2) is 5.69 Å². The lowest BCUT2D eigenvalue weighted by Crippen LogP contribution is -2.47. The highest BCUT2D eigenvalue weighted by Crippen LogP contribution is 2.29. The molecule has 31 heavy (non-hydrogen) atoms. The van der Waals surface area contributed by atoms with Crippen molar-refractivity contribution in [3.05, 3.63) is 47.8 Å². The fourth-order valence-corrected chi connectivity index (χ4v) is 3.65. The number of nitrogens with zero attached hydrogens (tertiary/aromatic N) is 3. The van der Waals surface area contributed by atoms with Crippen LogP contribution >= 0.6 is 0 Å². The first-order chi connectivity index (χ1) is 14.7. The maximum absolute atomic E-state index is 13.0. The number of hydrogen-bond donors (Lipinski definition) is 1. The first-order valence-electron chi connectivity index (χ1n) is 10.1. The molecule has 0 radical (unpaired) electrons. The Morgan fingerprint density at radius 1 is 1.23 bits per heavy atom. The van der Waals surface area contributed by atoms with E-state index >= 15 is 0 Å². The van der Waals surface area contributed by atoms with E-state index in [1.54, 1.807) is 12.1 Å². The average Bonchev–Trinajstić information content (AvgIpc) is 3.29. The standard InChI is InChI=1S/C21H23F3N4O3/c1-13-9-18(21(22,23)24)26-28(13)12-19(29)27-11-16(31-15-5-3-2-4-6-15)10-17(27)20(30)25-14-7-8-14/h2-6,9,14,16-17H,7-8,10-12H2,1H3,(H,25,30)/t16-,17-/m0/s1. The number of aryl methyl sites for hydroxylation is 1. The molecule has 7 nitrogen and oxygen atoms in total. The molecular formula is C21H23F3N4O3. The zero-order valence-corrected chi connectivity index (χ0v) is 16.9. The normalized spacial score (nSPS) is 21.2. The minimum absolute atomic E-state index is 0.126. The van der Waals surface area contributed by atoms with Crippen molar-refractivity contribution < 1.29 is 27.5 Å². The number of hydrogen-bond acceptors (Lipinski definition) is 4. The number of rotatable bonds is 6. The first-order valence-corrected chi connectivity index (χ1v) is 10.1. The third-order valence-electron chi connectivity index (χ3n) is 5.41. The van der Waals surface area contributed by atoms with E-state index in [1.165, 1.54) is 11.8 Å². The summed E-state index contributed by atoms with van der Waals surface area (Å²) in [5, 5.41) is 6.42. The van der Waals surface area contributed by atoms with Crippen LogP contribution in [0.5, 0.6) is 5.75 Å². The highest BCUT2D eigenvalue weighted by Gasteiger charge is 2.42. The fourth-order valence-electron chi connectivity index (χ4n) is 3.65. The van der Waals surface area contributed by atoms with Crippen molar-refractivity contribution in [3.63, 3.8) is 0 Å². The summed E-state index contributed by atoms with van der Waals surface area (Å²) in [6.07, 6.45) is -2.86. The Balaban J connectivity index is 1.49. The van der Waals surface area contributed by atoms with Crippen molar-refractivity contribution in [1.29, 1.82) is 0 Å². The van der Waals surface area contributed by atoms with E-state index in [-0.39, 0.29) is 30.7 Å². The number of ether oxygens (including phenoxy) is 1. The van der Waals surface area contributed by atoms with Crippen molar-refractivity contribution in [2.24, 2.45) is 0 Å². The number of nitrogens with one attached hydrogen (secondary N) is 1. The molecule has 10 heteroatoms. The first kappa shape index (κ1) is 21.2. The van der Waals surface area contributed by atoms with Gasteiger partial charge in [-0.05, 0) is 38.0 Å². The summed E-state index contributed by atoms with van der Waals surface area (Å²) in [5.41, 5.74) is -0.830. The van der Waals surface area contributed by atoms with Gasteiger partial charge in [-0.15, -0.1) is 0 Å². The summed E-state index contributed by atoms with van der Waals surface area (Å²) in [5.74, 6) is -0.112. The Kier molecular flexibility index (Phi) is 5.63. The molecule has 4 rings (SSSR count). The second-order valence-electron chi connectivity index (χ2n) is 7.96. The van der Waals surface area contributed by atoms with Crippen LogP contribution in [0.15, 0.2) is 36.4 Å². The van der Waals surface area contributed by atoms with E-state index in [0.29, 0.717) is 12.2 Å². The molecule has 1 saturated carbocycles. The van der Waals surface area contributed by atoms with Crippen LogP contribution in [-0.2, 0) is 22.3 Å². The van der Waals surface area contributed by atoms with Crippen LogP contribution in [0.3, 0.4) is 0 Å². The molecule has 2 heterocycles. The topological polar surface area (TPSA) is 76.5 Å². The van der Waals surface area contributed by atoms with Gasteiger partial charge < -0.3 is 15.0 Å². The van der Waals surface area contributed by atoms with Gasteiger partial charge in [-0.3, -0.25) is 14.3 Å². The lowest BCUT2D eigenvalue weighted by atomic mass is 10.1. The highest BCUT2D eigenvalue weighted by atomic mass is 19.4. The number of alkyl halides is 3. The van der Waals surface area contributed by atoms with Crippen molar-refractivity contribution in [2.45, 2.75) is 57.1 Å². The van der Waals surface area contributed by atoms with Gasteiger partial charge in [0.25, 0.3) is 0 Å². The van der Waals surface area contributed by atoms with Gasteiger partial charge in [0.2, 0.25) is 11.8 Å². The van der Waals surface area contributed by atoms with E-state index in [9.17, 15) is 22.8 Å². The maximum Gasteiger partial charge on any atom is 0.435 e. The minimum Gasteiger partial charge on any atom is -0.488 e. The third-order valence-corrected chi connectivity index (χ3v) is 5.41. The molecule has 166 valence electrons. The molecule has 1 saturated heterocycles. The van der Waals surface area contributed by atoms with Gasteiger partial charge >= 0.3 is 6.18 Å². The number of carbonyl (C=O) groups excluding carboxylic acids is 2. The molecule has 2 amide bonds. The lowest BCUT2D eigenvalue weighted by Gasteiger charge is -2.23. The summed E-state index contributed by atoms with van der Waals surface area (Å²) in [4.78, 5) is 27.1. The van der Waals surface area contributed by atoms with Crippen LogP contribution in [0.25, 0.3) is 0 Å². The average molecular weight is 436 g/mol. The predicted octanol–water partition coefficient (Wildman–Crippen LogP) is 2.54. The summed E-state index contributed by atoms with van der Waals surface area (Å²) >= 11 is 0. The molecular weight excluding hydrogens is 413 g/mol. The summed E-state index contributed by atoms with van der Waals surface area (Å²) in [6.45, 7) is 1.24. The Hall–Kier alpha value is -3.04. The number of likely N-dealkylation sites (tertiary alicyclic amines) is 1. The minimum atomic E-state index is -4.59.